The lowest BCUT2D eigenvalue weighted by Crippen LogP contribution is -2.31. The van der Waals surface area contributed by atoms with E-state index < -0.39 is 5.41 Å². The van der Waals surface area contributed by atoms with Crippen molar-refractivity contribution in [3.05, 3.63) is 221 Å². The van der Waals surface area contributed by atoms with Crippen LogP contribution in [-0.4, -0.2) is 0 Å². The third kappa shape index (κ3) is 4.32. The maximum Gasteiger partial charge on any atom is 0.137 e. The van der Waals surface area contributed by atoms with Crippen molar-refractivity contribution in [2.45, 2.75) is 34.5 Å². The highest BCUT2D eigenvalue weighted by atomic mass is 32.2. The molecule has 4 heteroatoms. The molecule has 0 N–H and O–H groups in total. The Labute approximate surface area is 362 Å². The lowest BCUT2D eigenvalue weighted by molar-refractivity contribution is 0.660. The molecule has 2 aromatic heterocycles. The van der Waals surface area contributed by atoms with Crippen molar-refractivity contribution in [1.82, 2.24) is 0 Å². The van der Waals surface area contributed by atoms with Gasteiger partial charge in [-0.15, -0.1) is 0 Å². The van der Waals surface area contributed by atoms with Crippen molar-refractivity contribution in [1.29, 1.82) is 0 Å². The van der Waals surface area contributed by atoms with E-state index in [1.54, 1.807) is 0 Å². The molecule has 0 bridgehead atoms. The molecule has 11 aromatic rings. The van der Waals surface area contributed by atoms with Gasteiger partial charge in [0.15, 0.2) is 0 Å². The second kappa shape index (κ2) is 12.2. The molecule has 14 rings (SSSR count). The van der Waals surface area contributed by atoms with Crippen LogP contribution in [0.3, 0.4) is 0 Å². The number of hydrogen-bond donors (Lipinski definition) is 0. The summed E-state index contributed by atoms with van der Waals surface area (Å²) in [5.74, 6) is 0. The molecule has 0 unspecified atom stereocenters. The van der Waals surface area contributed by atoms with Gasteiger partial charge in [-0.05, 0) is 122 Å². The summed E-state index contributed by atoms with van der Waals surface area (Å²) in [6.45, 7) is 4.71. The van der Waals surface area contributed by atoms with Gasteiger partial charge in [0.2, 0.25) is 0 Å². The minimum atomic E-state index is -0.487. The quantitative estimate of drug-likeness (QED) is 0.178. The molecule has 2 aliphatic carbocycles. The Morgan fingerprint density at radius 1 is 0.387 bits per heavy atom. The van der Waals surface area contributed by atoms with Crippen LogP contribution in [0, 0.1) is 0 Å². The molecular formula is C58H37NO2S. The second-order valence-corrected chi connectivity index (χ2v) is 18.6. The van der Waals surface area contributed by atoms with Crippen LogP contribution in [0.25, 0.3) is 66.1 Å². The Morgan fingerprint density at radius 2 is 0.935 bits per heavy atom. The van der Waals surface area contributed by atoms with Crippen LogP contribution in [0.15, 0.2) is 207 Å². The van der Waals surface area contributed by atoms with Crippen LogP contribution in [0.5, 0.6) is 0 Å². The van der Waals surface area contributed by atoms with Crippen LogP contribution < -0.4 is 4.90 Å². The summed E-state index contributed by atoms with van der Waals surface area (Å²) in [6, 6.07) is 69.1. The summed E-state index contributed by atoms with van der Waals surface area (Å²) < 4.78 is 13.6. The average Bonchev–Trinajstić information content (AvgIpc) is 4.02. The van der Waals surface area contributed by atoms with Crippen molar-refractivity contribution in [3.8, 4) is 22.3 Å². The lowest BCUT2D eigenvalue weighted by Gasteiger charge is -2.39. The molecule has 1 aliphatic heterocycles. The molecule has 0 radical (unpaired) electrons. The van der Waals surface area contributed by atoms with Crippen molar-refractivity contribution >= 4 is 72.7 Å². The molecule has 3 nitrogen and oxygen atoms in total. The molecule has 9 aromatic carbocycles. The number of rotatable bonds is 3. The highest BCUT2D eigenvalue weighted by Gasteiger charge is 2.50. The van der Waals surface area contributed by atoms with E-state index in [4.69, 9.17) is 8.83 Å². The Morgan fingerprint density at radius 3 is 1.66 bits per heavy atom. The summed E-state index contributed by atoms with van der Waals surface area (Å²) >= 11 is 1.87. The van der Waals surface area contributed by atoms with Gasteiger partial charge >= 0.3 is 0 Å². The van der Waals surface area contributed by atoms with Crippen molar-refractivity contribution in [3.63, 3.8) is 0 Å². The SMILES string of the molecule is CC1(C)c2ccccc2-c2ccc(N(c3cccc4oc5ccccc5c34)c3cccc4oc5cc6c(cc5c34)-c3ccccc3C63c4ccccc4Sc4ccccc43)cc21. The third-order valence-electron chi connectivity index (χ3n) is 14.1. The van der Waals surface area contributed by atoms with Gasteiger partial charge in [0.05, 0.1) is 27.6 Å². The molecule has 0 amide bonds. The van der Waals surface area contributed by atoms with Gasteiger partial charge in [0.25, 0.3) is 0 Å². The summed E-state index contributed by atoms with van der Waals surface area (Å²) in [5.41, 5.74) is 19.0. The standard InChI is InChI=1S/C58H37NO2S/c1-57(2)41-18-6-3-15-35(41)37-30-29-34(31-45(37)57)59(47-22-13-25-50-55(47)38-17-5-10-24-49(38)60-50)48-23-14-26-51-56(48)40-32-39-36-16-4-7-19-42(36)58(46(39)33-52(40)61-51)43-20-8-11-27-53(43)62-54-28-12-9-21-44(54)58/h3-33H,1-2H3. The topological polar surface area (TPSA) is 29.5 Å². The smallest absolute Gasteiger partial charge is 0.137 e. The first-order valence-corrected chi connectivity index (χ1v) is 22.2. The van der Waals surface area contributed by atoms with E-state index in [1.165, 1.54) is 65.4 Å². The monoisotopic (exact) mass is 811 g/mol. The predicted molar refractivity (Wildman–Crippen MR) is 255 cm³/mol. The molecule has 0 fully saturated rings. The first-order chi connectivity index (χ1) is 30.5. The van der Waals surface area contributed by atoms with E-state index in [2.05, 4.69) is 201 Å². The molecule has 0 saturated carbocycles. The Hall–Kier alpha value is -7.27. The Kier molecular flexibility index (Phi) is 6.77. The normalized spacial score (nSPS) is 14.8. The fourth-order valence-corrected chi connectivity index (χ4v) is 12.7. The van der Waals surface area contributed by atoms with E-state index in [0.717, 1.165) is 60.9 Å². The van der Waals surface area contributed by atoms with E-state index in [9.17, 15) is 0 Å². The number of hydrogen-bond acceptors (Lipinski definition) is 4. The largest absolute Gasteiger partial charge is 0.456 e. The fraction of sp³-hybridized carbons (Fsp3) is 0.0690. The summed E-state index contributed by atoms with van der Waals surface area (Å²) in [7, 11) is 0. The number of para-hydroxylation sites is 1. The van der Waals surface area contributed by atoms with Gasteiger partial charge in [-0.2, -0.15) is 0 Å². The van der Waals surface area contributed by atoms with Crippen LogP contribution >= 0.6 is 11.8 Å². The molecule has 1 spiro atoms. The fourth-order valence-electron chi connectivity index (χ4n) is 11.5. The second-order valence-electron chi connectivity index (χ2n) is 17.5. The van der Waals surface area contributed by atoms with Crippen molar-refractivity contribution < 1.29 is 8.83 Å². The highest BCUT2D eigenvalue weighted by Crippen LogP contribution is 2.63. The van der Waals surface area contributed by atoms with Crippen molar-refractivity contribution in [2.75, 3.05) is 4.90 Å². The van der Waals surface area contributed by atoms with Gasteiger partial charge < -0.3 is 13.7 Å². The van der Waals surface area contributed by atoms with Crippen LogP contribution in [0.1, 0.15) is 47.2 Å². The Bertz CT molecular complexity index is 3690. The molecule has 3 heterocycles. The predicted octanol–water partition coefficient (Wildman–Crippen LogP) is 16.1. The maximum absolute atomic E-state index is 7.09. The molecule has 0 saturated heterocycles. The molecule has 3 aliphatic rings. The summed E-state index contributed by atoms with van der Waals surface area (Å²) in [4.78, 5) is 5.03. The van der Waals surface area contributed by atoms with Crippen LogP contribution in [0.4, 0.5) is 17.1 Å². The van der Waals surface area contributed by atoms with Gasteiger partial charge in [-0.1, -0.05) is 147 Å². The Balaban J connectivity index is 1.07. The first kappa shape index (κ1) is 34.4. The van der Waals surface area contributed by atoms with E-state index >= 15 is 0 Å². The third-order valence-corrected chi connectivity index (χ3v) is 15.3. The van der Waals surface area contributed by atoms with E-state index in [-0.39, 0.29) is 5.41 Å². The number of anilines is 3. The zero-order valence-corrected chi connectivity index (χ0v) is 34.9. The van der Waals surface area contributed by atoms with Crippen molar-refractivity contribution in [2.24, 2.45) is 0 Å². The highest BCUT2D eigenvalue weighted by molar-refractivity contribution is 7.99. The zero-order chi connectivity index (χ0) is 40.9. The van der Waals surface area contributed by atoms with Gasteiger partial charge in [-0.3, -0.25) is 0 Å². The van der Waals surface area contributed by atoms with Gasteiger partial charge in [0.1, 0.15) is 22.3 Å². The number of fused-ring (bicyclic) bond motifs is 18. The molecule has 62 heavy (non-hydrogen) atoms. The van der Waals surface area contributed by atoms with E-state index in [0.29, 0.717) is 0 Å². The van der Waals surface area contributed by atoms with Crippen LogP contribution in [-0.2, 0) is 10.8 Å². The minimum Gasteiger partial charge on any atom is -0.456 e. The molecular weight excluding hydrogens is 775 g/mol. The zero-order valence-electron chi connectivity index (χ0n) is 34.1. The summed E-state index contributed by atoms with van der Waals surface area (Å²) in [5, 5.41) is 4.35. The number of furan rings is 2. The maximum atomic E-state index is 7.09. The molecule has 0 atom stereocenters. The van der Waals surface area contributed by atoms with Crippen LogP contribution in [0.2, 0.25) is 0 Å². The van der Waals surface area contributed by atoms with Gasteiger partial charge in [-0.25, -0.2) is 0 Å². The minimum absolute atomic E-state index is 0.172. The molecule has 292 valence electrons. The number of benzene rings is 9. The van der Waals surface area contributed by atoms with E-state index in [1.807, 2.05) is 17.8 Å². The van der Waals surface area contributed by atoms with Gasteiger partial charge in [0, 0.05) is 31.7 Å². The lowest BCUT2D eigenvalue weighted by atomic mass is 9.67. The average molecular weight is 812 g/mol. The summed E-state index contributed by atoms with van der Waals surface area (Å²) in [6.07, 6.45) is 0. The first-order valence-electron chi connectivity index (χ1n) is 21.4. The number of nitrogens with zero attached hydrogens (tertiary/aromatic N) is 1.